The van der Waals surface area contributed by atoms with E-state index in [-0.39, 0.29) is 0 Å². The SMILES string of the molecule is COCCNCCc1nccs1. The molecule has 0 bridgehead atoms. The number of thiazole rings is 1. The van der Waals surface area contributed by atoms with E-state index in [0.717, 1.165) is 26.1 Å². The molecule has 0 amide bonds. The predicted molar refractivity (Wildman–Crippen MR) is 50.6 cm³/mol. The normalized spacial score (nSPS) is 10.4. The Morgan fingerprint density at radius 2 is 2.50 bits per heavy atom. The molecule has 3 nitrogen and oxygen atoms in total. The van der Waals surface area contributed by atoms with Crippen molar-refractivity contribution < 1.29 is 4.74 Å². The fourth-order valence-electron chi connectivity index (χ4n) is 0.871. The lowest BCUT2D eigenvalue weighted by atomic mass is 10.4. The molecular weight excluding hydrogens is 172 g/mol. The number of methoxy groups -OCH3 is 1. The third kappa shape index (κ3) is 3.80. The molecule has 0 saturated carbocycles. The van der Waals surface area contributed by atoms with Crippen molar-refractivity contribution in [3.8, 4) is 0 Å². The number of aromatic nitrogens is 1. The van der Waals surface area contributed by atoms with Gasteiger partial charge in [-0.2, -0.15) is 0 Å². The van der Waals surface area contributed by atoms with Gasteiger partial charge < -0.3 is 10.1 Å². The van der Waals surface area contributed by atoms with Crippen LogP contribution in [-0.4, -0.2) is 31.8 Å². The monoisotopic (exact) mass is 186 g/mol. The zero-order valence-corrected chi connectivity index (χ0v) is 8.06. The van der Waals surface area contributed by atoms with Crippen LogP contribution in [0.3, 0.4) is 0 Å². The fraction of sp³-hybridized carbons (Fsp3) is 0.625. The lowest BCUT2D eigenvalue weighted by molar-refractivity contribution is 0.199. The number of rotatable bonds is 6. The third-order valence-electron chi connectivity index (χ3n) is 1.48. The van der Waals surface area contributed by atoms with Gasteiger partial charge in [-0.25, -0.2) is 4.98 Å². The summed E-state index contributed by atoms with van der Waals surface area (Å²) < 4.78 is 4.90. The van der Waals surface area contributed by atoms with Crippen molar-refractivity contribution in [2.75, 3.05) is 26.8 Å². The summed E-state index contributed by atoms with van der Waals surface area (Å²) in [6.07, 6.45) is 2.86. The molecule has 1 rings (SSSR count). The highest BCUT2D eigenvalue weighted by Gasteiger charge is 1.93. The van der Waals surface area contributed by atoms with Crippen LogP contribution in [0.1, 0.15) is 5.01 Å². The van der Waals surface area contributed by atoms with Gasteiger partial charge in [0.1, 0.15) is 0 Å². The van der Waals surface area contributed by atoms with Crippen LogP contribution >= 0.6 is 11.3 Å². The van der Waals surface area contributed by atoms with Gasteiger partial charge in [0.15, 0.2) is 0 Å². The molecule has 0 fully saturated rings. The first kappa shape index (κ1) is 9.64. The quantitative estimate of drug-likeness (QED) is 0.671. The number of nitrogens with one attached hydrogen (secondary N) is 1. The van der Waals surface area contributed by atoms with Gasteiger partial charge in [-0.3, -0.25) is 0 Å². The van der Waals surface area contributed by atoms with Gasteiger partial charge in [-0.05, 0) is 0 Å². The molecule has 0 saturated heterocycles. The van der Waals surface area contributed by atoms with Gasteiger partial charge >= 0.3 is 0 Å². The van der Waals surface area contributed by atoms with E-state index in [1.54, 1.807) is 18.4 Å². The Balaban J connectivity index is 1.96. The van der Waals surface area contributed by atoms with Crippen molar-refractivity contribution in [3.05, 3.63) is 16.6 Å². The number of nitrogens with zero attached hydrogens (tertiary/aromatic N) is 1. The average Bonchev–Trinajstić information content (AvgIpc) is 2.57. The minimum atomic E-state index is 0.776. The summed E-state index contributed by atoms with van der Waals surface area (Å²) in [6.45, 7) is 2.68. The maximum absolute atomic E-state index is 4.90. The van der Waals surface area contributed by atoms with E-state index in [1.807, 2.05) is 11.6 Å². The highest BCUT2D eigenvalue weighted by atomic mass is 32.1. The second-order valence-electron chi connectivity index (χ2n) is 2.42. The third-order valence-corrected chi connectivity index (χ3v) is 2.32. The van der Waals surface area contributed by atoms with Crippen LogP contribution < -0.4 is 5.32 Å². The summed E-state index contributed by atoms with van der Waals surface area (Å²) in [7, 11) is 1.71. The van der Waals surface area contributed by atoms with Crippen molar-refractivity contribution >= 4 is 11.3 Å². The van der Waals surface area contributed by atoms with Crippen LogP contribution in [0.15, 0.2) is 11.6 Å². The van der Waals surface area contributed by atoms with Crippen molar-refractivity contribution in [1.82, 2.24) is 10.3 Å². The van der Waals surface area contributed by atoms with Crippen molar-refractivity contribution in [3.63, 3.8) is 0 Å². The molecule has 0 spiro atoms. The molecule has 0 aromatic carbocycles. The van der Waals surface area contributed by atoms with Crippen LogP contribution in [-0.2, 0) is 11.2 Å². The van der Waals surface area contributed by atoms with Gasteiger partial charge in [0.05, 0.1) is 11.6 Å². The average molecular weight is 186 g/mol. The Kier molecular flexibility index (Phi) is 4.91. The fourth-order valence-corrected chi connectivity index (χ4v) is 1.49. The molecule has 1 aromatic rings. The Morgan fingerprint density at radius 3 is 3.17 bits per heavy atom. The van der Waals surface area contributed by atoms with Crippen molar-refractivity contribution in [2.24, 2.45) is 0 Å². The topological polar surface area (TPSA) is 34.1 Å². The second-order valence-corrected chi connectivity index (χ2v) is 3.40. The molecule has 0 radical (unpaired) electrons. The first-order valence-corrected chi connectivity index (χ1v) is 4.89. The first-order valence-electron chi connectivity index (χ1n) is 4.01. The smallest absolute Gasteiger partial charge is 0.0937 e. The van der Waals surface area contributed by atoms with Gasteiger partial charge in [0.25, 0.3) is 0 Å². The van der Waals surface area contributed by atoms with E-state index in [2.05, 4.69) is 10.3 Å². The largest absolute Gasteiger partial charge is 0.383 e. The summed E-state index contributed by atoms with van der Waals surface area (Å²) in [5, 5.41) is 6.47. The maximum Gasteiger partial charge on any atom is 0.0937 e. The van der Waals surface area contributed by atoms with E-state index in [4.69, 9.17) is 4.74 Å². The van der Waals surface area contributed by atoms with E-state index < -0.39 is 0 Å². The van der Waals surface area contributed by atoms with Crippen LogP contribution in [0.25, 0.3) is 0 Å². The zero-order valence-electron chi connectivity index (χ0n) is 7.25. The predicted octanol–water partition coefficient (Wildman–Crippen LogP) is 0.922. The Labute approximate surface area is 76.8 Å². The molecule has 0 aliphatic heterocycles. The van der Waals surface area contributed by atoms with Gasteiger partial charge in [0.2, 0.25) is 0 Å². The standard InChI is InChI=1S/C8H14N2OS/c1-11-6-4-9-3-2-8-10-5-7-12-8/h5,7,9H,2-4,6H2,1H3. The molecule has 12 heavy (non-hydrogen) atoms. The van der Waals surface area contributed by atoms with E-state index in [9.17, 15) is 0 Å². The number of ether oxygens (including phenoxy) is 1. The summed E-state index contributed by atoms with van der Waals surface area (Å²) in [5.74, 6) is 0. The number of hydrogen-bond acceptors (Lipinski definition) is 4. The van der Waals surface area contributed by atoms with Gasteiger partial charge in [-0.15, -0.1) is 11.3 Å². The summed E-state index contributed by atoms with van der Waals surface area (Å²) >= 11 is 1.70. The minimum absolute atomic E-state index is 0.776. The molecule has 0 unspecified atom stereocenters. The van der Waals surface area contributed by atoms with Crippen LogP contribution in [0, 0.1) is 0 Å². The Morgan fingerprint density at radius 1 is 1.58 bits per heavy atom. The summed E-state index contributed by atoms with van der Waals surface area (Å²) in [4.78, 5) is 4.18. The summed E-state index contributed by atoms with van der Waals surface area (Å²) in [6, 6.07) is 0. The van der Waals surface area contributed by atoms with Gasteiger partial charge in [-0.1, -0.05) is 0 Å². The van der Waals surface area contributed by atoms with E-state index >= 15 is 0 Å². The first-order chi connectivity index (χ1) is 5.93. The Bertz CT molecular complexity index is 189. The molecule has 1 aromatic heterocycles. The van der Waals surface area contributed by atoms with E-state index in [1.165, 1.54) is 5.01 Å². The van der Waals surface area contributed by atoms with Gasteiger partial charge in [0, 0.05) is 38.2 Å². The van der Waals surface area contributed by atoms with Crippen LogP contribution in [0.5, 0.6) is 0 Å². The lowest BCUT2D eigenvalue weighted by Crippen LogP contribution is -2.21. The number of hydrogen-bond donors (Lipinski definition) is 1. The van der Waals surface area contributed by atoms with Crippen LogP contribution in [0.2, 0.25) is 0 Å². The maximum atomic E-state index is 4.90. The molecule has 0 aliphatic carbocycles. The molecule has 0 aliphatic rings. The molecule has 68 valence electrons. The lowest BCUT2D eigenvalue weighted by Gasteiger charge is -2.00. The second kappa shape index (κ2) is 6.11. The Hall–Kier alpha value is -0.450. The zero-order chi connectivity index (χ0) is 8.65. The molecular formula is C8H14N2OS. The molecule has 0 atom stereocenters. The molecule has 4 heteroatoms. The molecule has 1 heterocycles. The highest BCUT2D eigenvalue weighted by molar-refractivity contribution is 7.09. The van der Waals surface area contributed by atoms with Crippen LogP contribution in [0.4, 0.5) is 0 Å². The minimum Gasteiger partial charge on any atom is -0.383 e. The highest BCUT2D eigenvalue weighted by Crippen LogP contribution is 2.02. The van der Waals surface area contributed by atoms with Crippen molar-refractivity contribution in [2.45, 2.75) is 6.42 Å². The van der Waals surface area contributed by atoms with Crippen molar-refractivity contribution in [1.29, 1.82) is 0 Å². The van der Waals surface area contributed by atoms with E-state index in [0.29, 0.717) is 0 Å². The molecule has 1 N–H and O–H groups in total. The summed E-state index contributed by atoms with van der Waals surface area (Å²) in [5.41, 5.74) is 0.